The van der Waals surface area contributed by atoms with Crippen LogP contribution in [0.2, 0.25) is 0 Å². The van der Waals surface area contributed by atoms with Gasteiger partial charge >= 0.3 is 0 Å². The van der Waals surface area contributed by atoms with E-state index in [2.05, 4.69) is 70.5 Å². The highest BCUT2D eigenvalue weighted by molar-refractivity contribution is 14.0. The van der Waals surface area contributed by atoms with Crippen LogP contribution in [-0.4, -0.2) is 80.8 Å². The monoisotopic (exact) mass is 529 g/mol. The van der Waals surface area contributed by atoms with Crippen molar-refractivity contribution in [2.24, 2.45) is 10.9 Å². The third-order valence-corrected chi connectivity index (χ3v) is 6.33. The van der Waals surface area contributed by atoms with E-state index in [4.69, 9.17) is 4.74 Å². The highest BCUT2D eigenvalue weighted by Crippen LogP contribution is 2.20. The molecule has 2 N–H and O–H groups in total. The summed E-state index contributed by atoms with van der Waals surface area (Å²) in [6, 6.07) is 9.78. The predicted octanol–water partition coefficient (Wildman–Crippen LogP) is 2.57. The minimum absolute atomic E-state index is 0. The zero-order valence-electron chi connectivity index (χ0n) is 19.1. The second kappa shape index (κ2) is 12.8. The molecule has 0 aromatic heterocycles. The lowest BCUT2D eigenvalue weighted by atomic mass is 9.99. The van der Waals surface area contributed by atoms with E-state index in [1.54, 1.807) is 0 Å². The smallest absolute Gasteiger partial charge is 0.191 e. The van der Waals surface area contributed by atoms with Crippen molar-refractivity contribution in [1.82, 2.24) is 20.4 Å². The summed E-state index contributed by atoms with van der Waals surface area (Å²) in [7, 11) is 1.86. The van der Waals surface area contributed by atoms with Crippen LogP contribution in [0.5, 0.6) is 0 Å². The fraction of sp³-hybridized carbons (Fsp3) is 0.696. The van der Waals surface area contributed by atoms with Gasteiger partial charge in [0, 0.05) is 58.4 Å². The van der Waals surface area contributed by atoms with E-state index in [1.165, 1.54) is 11.1 Å². The van der Waals surface area contributed by atoms with Gasteiger partial charge in [0.05, 0.1) is 13.2 Å². The summed E-state index contributed by atoms with van der Waals surface area (Å²) in [5.74, 6) is 1.49. The summed E-state index contributed by atoms with van der Waals surface area (Å²) in [5.41, 5.74) is 2.97. The summed E-state index contributed by atoms with van der Waals surface area (Å²) in [6.07, 6.45) is 1.14. The lowest BCUT2D eigenvalue weighted by molar-refractivity contribution is 0.00751. The van der Waals surface area contributed by atoms with Crippen LogP contribution in [0.4, 0.5) is 0 Å². The summed E-state index contributed by atoms with van der Waals surface area (Å²) in [6.45, 7) is 14.6. The van der Waals surface area contributed by atoms with Crippen LogP contribution in [0.15, 0.2) is 29.3 Å². The Hall–Kier alpha value is -0.900. The summed E-state index contributed by atoms with van der Waals surface area (Å²) < 4.78 is 5.52. The largest absolute Gasteiger partial charge is 0.379 e. The molecule has 2 aliphatic heterocycles. The maximum absolute atomic E-state index is 5.52. The number of guanidine groups is 1. The Morgan fingerprint density at radius 2 is 1.67 bits per heavy atom. The molecule has 0 amide bonds. The van der Waals surface area contributed by atoms with Crippen LogP contribution in [0.1, 0.15) is 31.9 Å². The van der Waals surface area contributed by atoms with Crippen LogP contribution in [-0.2, 0) is 17.7 Å². The van der Waals surface area contributed by atoms with Gasteiger partial charge in [0.1, 0.15) is 0 Å². The molecular weight excluding hydrogens is 489 g/mol. The Labute approximate surface area is 199 Å². The number of nitrogens with zero attached hydrogens (tertiary/aromatic N) is 3. The molecule has 2 aliphatic rings. The molecule has 7 heteroatoms. The van der Waals surface area contributed by atoms with Crippen molar-refractivity contribution in [3.63, 3.8) is 0 Å². The SMILES string of the molecule is CN=C(NCC(C)N1CCc2ccccc2C1)NCC(C(C)C)N1CCOCC1.I. The van der Waals surface area contributed by atoms with Gasteiger partial charge < -0.3 is 15.4 Å². The zero-order valence-corrected chi connectivity index (χ0v) is 21.4. The number of morpholine rings is 1. The topological polar surface area (TPSA) is 52.1 Å². The van der Waals surface area contributed by atoms with Gasteiger partial charge in [-0.2, -0.15) is 0 Å². The van der Waals surface area contributed by atoms with Crippen LogP contribution in [0.25, 0.3) is 0 Å². The third-order valence-electron chi connectivity index (χ3n) is 6.33. The van der Waals surface area contributed by atoms with E-state index in [1.807, 2.05) is 7.05 Å². The number of halogens is 1. The minimum Gasteiger partial charge on any atom is -0.379 e. The molecule has 1 aromatic rings. The average molecular weight is 530 g/mol. The number of rotatable bonds is 7. The molecule has 0 bridgehead atoms. The third kappa shape index (κ3) is 7.07. The molecule has 0 radical (unpaired) electrons. The molecule has 170 valence electrons. The van der Waals surface area contributed by atoms with Gasteiger partial charge in [0.25, 0.3) is 0 Å². The van der Waals surface area contributed by atoms with Crippen LogP contribution in [0, 0.1) is 5.92 Å². The highest BCUT2D eigenvalue weighted by Gasteiger charge is 2.24. The van der Waals surface area contributed by atoms with Crippen LogP contribution >= 0.6 is 24.0 Å². The van der Waals surface area contributed by atoms with Gasteiger partial charge in [-0.3, -0.25) is 14.8 Å². The first-order valence-corrected chi connectivity index (χ1v) is 11.2. The maximum Gasteiger partial charge on any atom is 0.191 e. The van der Waals surface area contributed by atoms with Crippen molar-refractivity contribution < 1.29 is 4.74 Å². The molecule has 1 fully saturated rings. The van der Waals surface area contributed by atoms with Crippen molar-refractivity contribution in [1.29, 1.82) is 0 Å². The first-order chi connectivity index (χ1) is 14.1. The standard InChI is InChI=1S/C23H39N5O.HI/c1-18(2)22(27-11-13-29-14-12-27)16-26-23(24-4)25-15-19(3)28-10-9-20-7-5-6-8-21(20)17-28;/h5-8,18-19,22H,9-17H2,1-4H3,(H2,24,25,26);1H. The van der Waals surface area contributed by atoms with E-state index in [-0.39, 0.29) is 24.0 Å². The van der Waals surface area contributed by atoms with Crippen molar-refractivity contribution >= 4 is 29.9 Å². The van der Waals surface area contributed by atoms with Crippen molar-refractivity contribution in [2.75, 3.05) is 53.0 Å². The molecule has 0 aliphatic carbocycles. The Morgan fingerprint density at radius 3 is 2.33 bits per heavy atom. The van der Waals surface area contributed by atoms with Crippen molar-refractivity contribution in [2.45, 2.75) is 45.8 Å². The number of fused-ring (bicyclic) bond motifs is 1. The van der Waals surface area contributed by atoms with E-state index in [9.17, 15) is 0 Å². The molecule has 0 saturated carbocycles. The van der Waals surface area contributed by atoms with Gasteiger partial charge in [-0.1, -0.05) is 38.1 Å². The Balaban J connectivity index is 0.00000320. The molecule has 2 unspecified atom stereocenters. The molecule has 1 aromatic carbocycles. The van der Waals surface area contributed by atoms with Gasteiger partial charge in [-0.25, -0.2) is 0 Å². The fourth-order valence-electron chi connectivity index (χ4n) is 4.38. The first-order valence-electron chi connectivity index (χ1n) is 11.2. The normalized spacial score (nSPS) is 20.2. The Morgan fingerprint density at radius 1 is 1.00 bits per heavy atom. The van der Waals surface area contributed by atoms with E-state index in [0.29, 0.717) is 18.0 Å². The molecule has 30 heavy (non-hydrogen) atoms. The maximum atomic E-state index is 5.52. The second-order valence-corrected chi connectivity index (χ2v) is 8.63. The molecule has 3 rings (SSSR count). The highest BCUT2D eigenvalue weighted by atomic mass is 127. The minimum atomic E-state index is 0. The van der Waals surface area contributed by atoms with E-state index < -0.39 is 0 Å². The number of aliphatic imine (C=N–C) groups is 1. The Kier molecular flexibility index (Phi) is 10.8. The van der Waals surface area contributed by atoms with Gasteiger partial charge in [0.15, 0.2) is 5.96 Å². The first kappa shape index (κ1) is 25.4. The van der Waals surface area contributed by atoms with E-state index in [0.717, 1.165) is 64.9 Å². The number of hydrogen-bond donors (Lipinski definition) is 2. The second-order valence-electron chi connectivity index (χ2n) is 8.63. The summed E-state index contributed by atoms with van der Waals surface area (Å²) in [5, 5.41) is 7.10. The Bertz CT molecular complexity index is 663. The van der Waals surface area contributed by atoms with Crippen LogP contribution in [0.3, 0.4) is 0 Å². The summed E-state index contributed by atoms with van der Waals surface area (Å²) >= 11 is 0. The van der Waals surface area contributed by atoms with Crippen LogP contribution < -0.4 is 10.6 Å². The molecule has 2 atom stereocenters. The molecule has 6 nitrogen and oxygen atoms in total. The summed E-state index contributed by atoms with van der Waals surface area (Å²) in [4.78, 5) is 9.56. The predicted molar refractivity (Wildman–Crippen MR) is 136 cm³/mol. The zero-order chi connectivity index (χ0) is 20.6. The number of hydrogen-bond acceptors (Lipinski definition) is 4. The average Bonchev–Trinajstić information content (AvgIpc) is 2.76. The number of ether oxygens (including phenoxy) is 1. The fourth-order valence-corrected chi connectivity index (χ4v) is 4.38. The molecular formula is C23H40IN5O. The number of nitrogens with one attached hydrogen (secondary N) is 2. The quantitative estimate of drug-likeness (QED) is 0.323. The lowest BCUT2D eigenvalue weighted by Gasteiger charge is -2.37. The molecule has 1 saturated heterocycles. The van der Waals surface area contributed by atoms with Gasteiger partial charge in [-0.05, 0) is 30.4 Å². The molecule has 0 spiro atoms. The van der Waals surface area contributed by atoms with E-state index >= 15 is 0 Å². The van der Waals surface area contributed by atoms with Gasteiger partial charge in [0.2, 0.25) is 0 Å². The van der Waals surface area contributed by atoms with Gasteiger partial charge in [-0.15, -0.1) is 24.0 Å². The number of benzene rings is 1. The van der Waals surface area contributed by atoms with Crippen molar-refractivity contribution in [3.05, 3.63) is 35.4 Å². The lowest BCUT2D eigenvalue weighted by Crippen LogP contribution is -2.53. The van der Waals surface area contributed by atoms with Crippen molar-refractivity contribution in [3.8, 4) is 0 Å². The molecule has 2 heterocycles.